The van der Waals surface area contributed by atoms with Crippen molar-refractivity contribution in [3.05, 3.63) is 59.0 Å². The van der Waals surface area contributed by atoms with E-state index >= 15 is 0 Å². The topological polar surface area (TPSA) is 70.7 Å². The van der Waals surface area contributed by atoms with Crippen molar-refractivity contribution in [3.8, 4) is 0 Å². The minimum absolute atomic E-state index is 0.0104. The molecule has 0 aliphatic heterocycles. The number of aromatic carboxylic acids is 1. The smallest absolute Gasteiger partial charge is 0.371 e. The molecule has 6 heteroatoms. The van der Waals surface area contributed by atoms with Crippen molar-refractivity contribution >= 4 is 5.97 Å². The van der Waals surface area contributed by atoms with Crippen LogP contribution in [0.3, 0.4) is 0 Å². The molecular weight excluding hydrogens is 258 g/mol. The van der Waals surface area contributed by atoms with Crippen LogP contribution in [-0.2, 0) is 0 Å². The number of aliphatic hydroxyl groups is 1. The molecular formula is C13H10F2O4. The summed E-state index contributed by atoms with van der Waals surface area (Å²) in [5.41, 5.74) is -0.00865. The average molecular weight is 268 g/mol. The highest BCUT2D eigenvalue weighted by Crippen LogP contribution is 2.27. The van der Waals surface area contributed by atoms with Gasteiger partial charge in [-0.25, -0.2) is 13.6 Å². The van der Waals surface area contributed by atoms with Crippen molar-refractivity contribution in [1.82, 2.24) is 0 Å². The monoisotopic (exact) mass is 268 g/mol. The third kappa shape index (κ3) is 2.79. The maximum Gasteiger partial charge on any atom is 0.371 e. The number of carbonyl (C=O) groups is 1. The molecule has 0 saturated carbocycles. The second kappa shape index (κ2) is 5.19. The fraction of sp³-hybridized carbons (Fsp3) is 0.154. The number of aliphatic hydroxyl groups excluding tert-OH is 1. The van der Waals surface area contributed by atoms with Gasteiger partial charge in [0.25, 0.3) is 6.43 Å². The van der Waals surface area contributed by atoms with Gasteiger partial charge in [-0.05, 0) is 23.8 Å². The maximum atomic E-state index is 12.5. The Morgan fingerprint density at radius 1 is 1.16 bits per heavy atom. The molecule has 2 N–H and O–H groups in total. The molecule has 0 amide bonds. The largest absolute Gasteiger partial charge is 0.475 e. The number of carboxylic acid groups (broad SMARTS) is 1. The van der Waals surface area contributed by atoms with Crippen LogP contribution in [0.25, 0.3) is 0 Å². The average Bonchev–Trinajstić information content (AvgIpc) is 2.87. The van der Waals surface area contributed by atoms with E-state index in [1.165, 1.54) is 30.3 Å². The second-order valence-electron chi connectivity index (χ2n) is 3.88. The Labute approximate surface area is 106 Å². The Morgan fingerprint density at radius 3 is 2.42 bits per heavy atom. The number of hydrogen-bond donors (Lipinski definition) is 2. The fourth-order valence-electron chi connectivity index (χ4n) is 1.64. The van der Waals surface area contributed by atoms with Crippen LogP contribution in [0.1, 0.15) is 40.0 Å². The fourth-order valence-corrected chi connectivity index (χ4v) is 1.64. The van der Waals surface area contributed by atoms with Crippen molar-refractivity contribution in [3.63, 3.8) is 0 Å². The second-order valence-corrected chi connectivity index (χ2v) is 3.88. The molecule has 19 heavy (non-hydrogen) atoms. The zero-order valence-electron chi connectivity index (χ0n) is 9.59. The summed E-state index contributed by atoms with van der Waals surface area (Å²) in [6.07, 6.45) is -3.93. The maximum absolute atomic E-state index is 12.5. The molecule has 0 saturated heterocycles. The van der Waals surface area contributed by atoms with Crippen LogP contribution in [0.15, 0.2) is 40.8 Å². The van der Waals surface area contributed by atoms with Gasteiger partial charge in [0.2, 0.25) is 5.76 Å². The first-order valence-corrected chi connectivity index (χ1v) is 5.38. The quantitative estimate of drug-likeness (QED) is 0.894. The summed E-state index contributed by atoms with van der Waals surface area (Å²) in [5.74, 6) is -1.59. The predicted molar refractivity (Wildman–Crippen MR) is 61.1 cm³/mol. The molecule has 1 aromatic heterocycles. The van der Waals surface area contributed by atoms with Gasteiger partial charge in [-0.2, -0.15) is 0 Å². The van der Waals surface area contributed by atoms with E-state index in [0.717, 1.165) is 6.07 Å². The number of halogens is 2. The van der Waals surface area contributed by atoms with Crippen LogP contribution in [-0.4, -0.2) is 16.2 Å². The molecule has 2 aromatic rings. The van der Waals surface area contributed by atoms with Gasteiger partial charge in [-0.1, -0.05) is 18.2 Å². The standard InChI is InChI=1S/C13H10F2O4/c14-12(15)8-3-1-2-7(6-8)11(16)9-4-5-10(19-9)13(17)18/h1-6,11-12,16H,(H,17,18). The number of carboxylic acids is 1. The first kappa shape index (κ1) is 13.2. The normalized spacial score (nSPS) is 12.6. The lowest BCUT2D eigenvalue weighted by Crippen LogP contribution is -2.00. The van der Waals surface area contributed by atoms with Crippen molar-refractivity contribution in [2.75, 3.05) is 0 Å². The van der Waals surface area contributed by atoms with E-state index in [2.05, 4.69) is 0 Å². The van der Waals surface area contributed by atoms with Crippen LogP contribution in [0.4, 0.5) is 8.78 Å². The van der Waals surface area contributed by atoms with Gasteiger partial charge in [0.15, 0.2) is 0 Å². The van der Waals surface area contributed by atoms with Gasteiger partial charge in [-0.15, -0.1) is 0 Å². The first-order chi connectivity index (χ1) is 8.99. The van der Waals surface area contributed by atoms with E-state index in [4.69, 9.17) is 9.52 Å². The van der Waals surface area contributed by atoms with E-state index in [0.29, 0.717) is 0 Å². The van der Waals surface area contributed by atoms with Gasteiger partial charge in [-0.3, -0.25) is 0 Å². The number of hydrogen-bond acceptors (Lipinski definition) is 3. The first-order valence-electron chi connectivity index (χ1n) is 5.38. The van der Waals surface area contributed by atoms with Crippen LogP contribution in [0, 0.1) is 0 Å². The van der Waals surface area contributed by atoms with Gasteiger partial charge >= 0.3 is 5.97 Å². The molecule has 100 valence electrons. The van der Waals surface area contributed by atoms with Crippen LogP contribution in [0.5, 0.6) is 0 Å². The predicted octanol–water partition coefficient (Wildman–Crippen LogP) is 3.00. The van der Waals surface area contributed by atoms with Gasteiger partial charge in [0.1, 0.15) is 11.9 Å². The molecule has 0 aliphatic carbocycles. The summed E-state index contributed by atoms with van der Waals surface area (Å²) in [4.78, 5) is 10.6. The van der Waals surface area contributed by atoms with Crippen molar-refractivity contribution in [1.29, 1.82) is 0 Å². The van der Waals surface area contributed by atoms with Crippen LogP contribution < -0.4 is 0 Å². The molecule has 0 radical (unpaired) electrons. The molecule has 1 atom stereocenters. The zero-order valence-corrected chi connectivity index (χ0v) is 9.59. The third-order valence-corrected chi connectivity index (χ3v) is 2.59. The minimum Gasteiger partial charge on any atom is -0.475 e. The van der Waals surface area contributed by atoms with Crippen LogP contribution >= 0.6 is 0 Å². The van der Waals surface area contributed by atoms with Gasteiger partial charge in [0, 0.05) is 5.56 Å². The minimum atomic E-state index is -2.64. The molecule has 0 spiro atoms. The molecule has 2 rings (SSSR count). The molecule has 0 fully saturated rings. The third-order valence-electron chi connectivity index (χ3n) is 2.59. The summed E-state index contributed by atoms with van der Waals surface area (Å²) >= 11 is 0. The summed E-state index contributed by atoms with van der Waals surface area (Å²) in [7, 11) is 0. The van der Waals surface area contributed by atoms with Gasteiger partial charge < -0.3 is 14.6 Å². The Morgan fingerprint density at radius 2 is 1.84 bits per heavy atom. The number of alkyl halides is 2. The highest BCUT2D eigenvalue weighted by Gasteiger charge is 2.18. The number of benzene rings is 1. The van der Waals surface area contributed by atoms with E-state index in [-0.39, 0.29) is 22.6 Å². The lowest BCUT2D eigenvalue weighted by molar-refractivity contribution is 0.0655. The highest BCUT2D eigenvalue weighted by atomic mass is 19.3. The SMILES string of the molecule is O=C(O)c1ccc(C(O)c2cccc(C(F)F)c2)o1. The Hall–Kier alpha value is -2.21. The Bertz CT molecular complexity index is 592. The van der Waals surface area contributed by atoms with E-state index < -0.39 is 18.5 Å². The van der Waals surface area contributed by atoms with E-state index in [1.54, 1.807) is 0 Å². The molecule has 1 heterocycles. The highest BCUT2D eigenvalue weighted by molar-refractivity contribution is 5.84. The zero-order chi connectivity index (χ0) is 14.0. The Kier molecular flexibility index (Phi) is 3.62. The number of furan rings is 1. The van der Waals surface area contributed by atoms with E-state index in [9.17, 15) is 18.7 Å². The van der Waals surface area contributed by atoms with E-state index in [1.807, 2.05) is 0 Å². The van der Waals surface area contributed by atoms with Crippen molar-refractivity contribution < 1.29 is 28.2 Å². The molecule has 0 bridgehead atoms. The summed E-state index contributed by atoms with van der Waals surface area (Å²) in [5, 5.41) is 18.7. The Balaban J connectivity index is 2.29. The van der Waals surface area contributed by atoms with Crippen molar-refractivity contribution in [2.24, 2.45) is 0 Å². The molecule has 0 aliphatic rings. The lowest BCUT2D eigenvalue weighted by atomic mass is 10.0. The molecule has 1 aromatic carbocycles. The summed E-state index contributed by atoms with van der Waals surface area (Å²) in [6, 6.07) is 7.73. The van der Waals surface area contributed by atoms with Crippen molar-refractivity contribution in [2.45, 2.75) is 12.5 Å². The molecule has 1 unspecified atom stereocenters. The van der Waals surface area contributed by atoms with Crippen LogP contribution in [0.2, 0.25) is 0 Å². The summed E-state index contributed by atoms with van der Waals surface area (Å²) in [6.45, 7) is 0. The number of rotatable bonds is 4. The molecule has 4 nitrogen and oxygen atoms in total. The lowest BCUT2D eigenvalue weighted by Gasteiger charge is -2.09. The van der Waals surface area contributed by atoms with Gasteiger partial charge in [0.05, 0.1) is 0 Å². The summed E-state index contributed by atoms with van der Waals surface area (Å²) < 4.78 is 30.0.